The molecule has 0 amide bonds. The smallest absolute Gasteiger partial charge is 0.462 e. The number of esters is 4. The minimum Gasteiger partial charge on any atom is -0.462 e. The van der Waals surface area contributed by atoms with E-state index in [9.17, 15) is 43.2 Å². The molecular formula is C67H130O17P2. The van der Waals surface area contributed by atoms with Crippen LogP contribution in [0.15, 0.2) is 0 Å². The lowest BCUT2D eigenvalue weighted by Crippen LogP contribution is -2.30. The fourth-order valence-corrected chi connectivity index (χ4v) is 11.7. The number of hydrogen-bond donors (Lipinski definition) is 3. The van der Waals surface area contributed by atoms with Gasteiger partial charge in [-0.05, 0) is 31.6 Å². The predicted octanol–water partition coefficient (Wildman–Crippen LogP) is 19.0. The SMILES string of the molecule is CCCCCCCCCCCCCCCCCCCCCCCC(=O)O[C@H](COC(=O)CCCCCCCCCCC(C)CC)COP(=O)(O)OC[C@@H](O)COP(=O)(O)OC[C@@H](COC(=O)CCCCCCC)OC(=O)CCCCCCCCCC. The molecule has 0 aliphatic carbocycles. The Balaban J connectivity index is 5.08. The molecule has 19 heteroatoms. The van der Waals surface area contributed by atoms with Gasteiger partial charge in [0.2, 0.25) is 0 Å². The van der Waals surface area contributed by atoms with Crippen molar-refractivity contribution in [3.8, 4) is 0 Å². The van der Waals surface area contributed by atoms with Crippen molar-refractivity contribution in [3.05, 3.63) is 0 Å². The fourth-order valence-electron chi connectivity index (χ4n) is 10.1. The van der Waals surface area contributed by atoms with Gasteiger partial charge in [0.15, 0.2) is 12.2 Å². The van der Waals surface area contributed by atoms with Crippen molar-refractivity contribution in [3.63, 3.8) is 0 Å². The monoisotopic (exact) mass is 1270 g/mol. The molecule has 0 aliphatic heterocycles. The minimum atomic E-state index is -4.95. The van der Waals surface area contributed by atoms with Crippen LogP contribution in [0, 0.1) is 5.92 Å². The van der Waals surface area contributed by atoms with Gasteiger partial charge < -0.3 is 33.8 Å². The molecule has 0 aromatic heterocycles. The standard InChI is InChI=1S/C67H130O17P2/c1-6-10-13-16-18-20-21-22-23-24-25-26-27-28-29-30-31-32-38-43-48-53-67(72)84-63(57-78-65(70)51-46-41-37-34-33-35-40-44-49-60(5)9-4)59-82-86(75,76)80-55-61(68)54-79-85(73,74)81-58-62(56-77-64(69)50-45-39-15-12-8-3)83-66(71)52-47-42-36-19-17-14-11-7-2/h60-63,68H,6-59H2,1-5H3,(H,73,74)(H,75,76)/t60?,61-,62+,63+/m0/s1. The van der Waals surface area contributed by atoms with E-state index in [1.807, 2.05) is 0 Å². The van der Waals surface area contributed by atoms with Crippen LogP contribution < -0.4 is 0 Å². The van der Waals surface area contributed by atoms with Crippen LogP contribution in [0.5, 0.6) is 0 Å². The summed E-state index contributed by atoms with van der Waals surface area (Å²) in [4.78, 5) is 72.0. The van der Waals surface area contributed by atoms with Gasteiger partial charge in [0.1, 0.15) is 19.3 Å². The van der Waals surface area contributed by atoms with Crippen molar-refractivity contribution < 1.29 is 80.2 Å². The molecular weight excluding hydrogens is 1140 g/mol. The van der Waals surface area contributed by atoms with Gasteiger partial charge in [0, 0.05) is 25.7 Å². The van der Waals surface area contributed by atoms with Crippen molar-refractivity contribution in [1.82, 2.24) is 0 Å². The van der Waals surface area contributed by atoms with Gasteiger partial charge in [0.25, 0.3) is 0 Å². The Morgan fingerprint density at radius 3 is 0.826 bits per heavy atom. The second-order valence-electron chi connectivity index (χ2n) is 24.5. The quantitative estimate of drug-likeness (QED) is 0.0222. The Morgan fingerprint density at radius 1 is 0.326 bits per heavy atom. The summed E-state index contributed by atoms with van der Waals surface area (Å²) in [5.41, 5.74) is 0. The molecule has 0 aromatic carbocycles. The second kappa shape index (κ2) is 60.6. The third kappa shape index (κ3) is 59.7. The van der Waals surface area contributed by atoms with Crippen molar-refractivity contribution in [2.24, 2.45) is 5.92 Å². The van der Waals surface area contributed by atoms with Crippen LogP contribution >= 0.6 is 15.6 Å². The Hall–Kier alpha value is -1.94. The topological polar surface area (TPSA) is 237 Å². The molecule has 17 nitrogen and oxygen atoms in total. The first-order chi connectivity index (χ1) is 41.6. The van der Waals surface area contributed by atoms with E-state index in [4.69, 9.17) is 37.0 Å². The van der Waals surface area contributed by atoms with Gasteiger partial charge in [0.05, 0.1) is 26.4 Å². The molecule has 0 rings (SSSR count). The highest BCUT2D eigenvalue weighted by atomic mass is 31.2. The molecule has 0 saturated heterocycles. The molecule has 6 atom stereocenters. The van der Waals surface area contributed by atoms with Crippen LogP contribution in [0.3, 0.4) is 0 Å². The summed E-state index contributed by atoms with van der Waals surface area (Å²) in [5, 5.41) is 10.5. The lowest BCUT2D eigenvalue weighted by molar-refractivity contribution is -0.161. The van der Waals surface area contributed by atoms with Crippen LogP contribution in [0.1, 0.15) is 343 Å². The van der Waals surface area contributed by atoms with Crippen LogP contribution in [-0.4, -0.2) is 96.7 Å². The average molecular weight is 1270 g/mol. The van der Waals surface area contributed by atoms with Gasteiger partial charge in [-0.2, -0.15) is 0 Å². The van der Waals surface area contributed by atoms with E-state index in [1.165, 1.54) is 154 Å². The zero-order valence-corrected chi connectivity index (χ0v) is 57.2. The van der Waals surface area contributed by atoms with Gasteiger partial charge >= 0.3 is 39.5 Å². The number of aliphatic hydroxyl groups is 1. The molecule has 0 bridgehead atoms. The number of ether oxygens (including phenoxy) is 4. The first-order valence-electron chi connectivity index (χ1n) is 35.2. The van der Waals surface area contributed by atoms with Crippen LogP contribution in [0.2, 0.25) is 0 Å². The largest absolute Gasteiger partial charge is 0.472 e. The molecule has 0 spiro atoms. The third-order valence-corrected chi connectivity index (χ3v) is 17.8. The van der Waals surface area contributed by atoms with Crippen molar-refractivity contribution >= 4 is 39.5 Å². The lowest BCUT2D eigenvalue weighted by Gasteiger charge is -2.21. The van der Waals surface area contributed by atoms with Crippen LogP contribution in [0.25, 0.3) is 0 Å². The van der Waals surface area contributed by atoms with E-state index in [0.717, 1.165) is 109 Å². The molecule has 3 unspecified atom stereocenters. The maximum atomic E-state index is 13.0. The van der Waals surface area contributed by atoms with Crippen LogP contribution in [-0.2, 0) is 65.4 Å². The number of phosphoric ester groups is 2. The highest BCUT2D eigenvalue weighted by Gasteiger charge is 2.30. The molecule has 0 aromatic rings. The number of aliphatic hydroxyl groups excluding tert-OH is 1. The van der Waals surface area contributed by atoms with Crippen molar-refractivity contribution in [1.29, 1.82) is 0 Å². The second-order valence-corrected chi connectivity index (χ2v) is 27.4. The van der Waals surface area contributed by atoms with E-state index < -0.39 is 97.5 Å². The minimum absolute atomic E-state index is 0.104. The zero-order valence-electron chi connectivity index (χ0n) is 55.4. The highest BCUT2D eigenvalue weighted by molar-refractivity contribution is 7.47. The average Bonchev–Trinajstić information content (AvgIpc) is 3.62. The predicted molar refractivity (Wildman–Crippen MR) is 345 cm³/mol. The van der Waals surface area contributed by atoms with Crippen molar-refractivity contribution in [2.75, 3.05) is 39.6 Å². The number of carbonyl (C=O) groups is 4. The molecule has 510 valence electrons. The summed E-state index contributed by atoms with van der Waals surface area (Å²) in [6.07, 6.45) is 46.4. The van der Waals surface area contributed by atoms with Crippen LogP contribution in [0.4, 0.5) is 0 Å². The van der Waals surface area contributed by atoms with Gasteiger partial charge in [-0.15, -0.1) is 0 Å². The molecule has 86 heavy (non-hydrogen) atoms. The first kappa shape index (κ1) is 84.1. The summed E-state index contributed by atoms with van der Waals surface area (Å²) < 4.78 is 67.8. The van der Waals surface area contributed by atoms with E-state index in [2.05, 4.69) is 34.6 Å². The summed E-state index contributed by atoms with van der Waals surface area (Å²) in [5.74, 6) is -1.37. The number of phosphoric acid groups is 2. The molecule has 0 aliphatic rings. The maximum absolute atomic E-state index is 13.0. The van der Waals surface area contributed by atoms with Gasteiger partial charge in [-0.3, -0.25) is 37.3 Å². The number of hydrogen-bond acceptors (Lipinski definition) is 15. The third-order valence-electron chi connectivity index (χ3n) is 15.9. The fraction of sp³-hybridized carbons (Fsp3) is 0.940. The van der Waals surface area contributed by atoms with E-state index >= 15 is 0 Å². The molecule has 3 N–H and O–H groups in total. The normalized spacial score (nSPS) is 14.5. The van der Waals surface area contributed by atoms with Gasteiger partial charge in [-0.1, -0.05) is 291 Å². The molecule has 0 fully saturated rings. The van der Waals surface area contributed by atoms with E-state index in [-0.39, 0.29) is 25.7 Å². The van der Waals surface area contributed by atoms with E-state index in [0.29, 0.717) is 25.7 Å². The summed E-state index contributed by atoms with van der Waals surface area (Å²) in [6, 6.07) is 0. The Bertz CT molecular complexity index is 1670. The summed E-state index contributed by atoms with van der Waals surface area (Å²) >= 11 is 0. The first-order valence-corrected chi connectivity index (χ1v) is 38.2. The number of rotatable bonds is 67. The molecule has 0 saturated carbocycles. The lowest BCUT2D eigenvalue weighted by atomic mass is 9.99. The van der Waals surface area contributed by atoms with E-state index in [1.54, 1.807) is 0 Å². The number of carbonyl (C=O) groups excluding carboxylic acids is 4. The summed E-state index contributed by atoms with van der Waals surface area (Å²) in [7, 11) is -9.88. The number of unbranched alkanes of at least 4 members (excludes halogenated alkanes) is 38. The van der Waals surface area contributed by atoms with Crippen molar-refractivity contribution in [2.45, 2.75) is 361 Å². The maximum Gasteiger partial charge on any atom is 0.472 e. The van der Waals surface area contributed by atoms with Gasteiger partial charge in [-0.25, -0.2) is 9.13 Å². The summed E-state index contributed by atoms with van der Waals surface area (Å²) in [6.45, 7) is 7.10. The molecule has 0 radical (unpaired) electrons. The highest BCUT2D eigenvalue weighted by Crippen LogP contribution is 2.45. The zero-order chi connectivity index (χ0) is 63.5. The molecule has 0 heterocycles. The Morgan fingerprint density at radius 2 is 0.558 bits per heavy atom. The Kier molecular flexibility index (Phi) is 59.2. The Labute approximate surface area is 524 Å².